The predicted octanol–water partition coefficient (Wildman–Crippen LogP) is 0.901. The first kappa shape index (κ1) is 6.66. The number of nitrogens with one attached hydrogen (secondary N) is 1. The highest BCUT2D eigenvalue weighted by Gasteiger charge is 2.32. The summed E-state index contributed by atoms with van der Waals surface area (Å²) in [6.45, 7) is 2.00. The number of hydrogen-bond acceptors (Lipinski definition) is 2. The summed E-state index contributed by atoms with van der Waals surface area (Å²) in [6.07, 6.45) is 2.73. The number of nitrogens with zero attached hydrogens (tertiary/aromatic N) is 2. The fraction of sp³-hybridized carbons (Fsp3) is 0.667. The van der Waals surface area contributed by atoms with E-state index in [0.717, 1.165) is 19.0 Å². The van der Waals surface area contributed by atoms with Crippen LogP contribution in [-0.4, -0.2) is 9.78 Å². The van der Waals surface area contributed by atoms with E-state index in [-0.39, 0.29) is 0 Å². The fourth-order valence-electron chi connectivity index (χ4n) is 2.15. The van der Waals surface area contributed by atoms with Gasteiger partial charge in [0.2, 0.25) is 0 Å². The van der Waals surface area contributed by atoms with Gasteiger partial charge in [-0.1, -0.05) is 0 Å². The minimum absolute atomic E-state index is 0.825. The molecule has 3 nitrogen and oxygen atoms in total. The molecule has 2 aliphatic rings. The molecule has 64 valence electrons. The van der Waals surface area contributed by atoms with Crippen LogP contribution in [0, 0.1) is 0 Å². The zero-order valence-corrected chi connectivity index (χ0v) is 7.30. The molecule has 1 aromatic rings. The summed E-state index contributed by atoms with van der Waals surface area (Å²) < 4.78 is 2.09. The third-order valence-corrected chi connectivity index (χ3v) is 2.84. The van der Waals surface area contributed by atoms with E-state index < -0.39 is 0 Å². The van der Waals surface area contributed by atoms with Crippen LogP contribution in [0.5, 0.6) is 0 Å². The summed E-state index contributed by atoms with van der Waals surface area (Å²) in [6, 6.07) is 0. The van der Waals surface area contributed by atoms with Crippen LogP contribution in [0.2, 0.25) is 0 Å². The van der Waals surface area contributed by atoms with Gasteiger partial charge >= 0.3 is 0 Å². The number of fused-ring (bicyclic) bond motifs is 1. The fourth-order valence-corrected chi connectivity index (χ4v) is 2.15. The molecule has 1 N–H and O–H groups in total. The maximum atomic E-state index is 4.51. The standard InChI is InChI=1S/C9H13N3/c1-12-9(6-2-3-6)7-4-10-5-8(7)11-12/h6,10H,2-5H2,1H3. The summed E-state index contributed by atoms with van der Waals surface area (Å²) in [5.74, 6) is 0.825. The van der Waals surface area contributed by atoms with E-state index in [1.54, 1.807) is 0 Å². The lowest BCUT2D eigenvalue weighted by Crippen LogP contribution is -2.07. The molecule has 0 bridgehead atoms. The highest BCUT2D eigenvalue weighted by molar-refractivity contribution is 5.34. The van der Waals surface area contributed by atoms with Crippen molar-refractivity contribution in [1.29, 1.82) is 0 Å². The Morgan fingerprint density at radius 3 is 3.00 bits per heavy atom. The van der Waals surface area contributed by atoms with Crippen LogP contribution < -0.4 is 5.32 Å². The molecule has 1 saturated carbocycles. The molecule has 0 aromatic carbocycles. The molecule has 1 aromatic heterocycles. The molecule has 0 atom stereocenters. The molecule has 12 heavy (non-hydrogen) atoms. The number of rotatable bonds is 1. The van der Waals surface area contributed by atoms with E-state index in [4.69, 9.17) is 0 Å². The van der Waals surface area contributed by atoms with Gasteiger partial charge in [0.1, 0.15) is 0 Å². The van der Waals surface area contributed by atoms with E-state index in [2.05, 4.69) is 22.1 Å². The minimum atomic E-state index is 0.825. The number of aromatic nitrogens is 2. The zero-order chi connectivity index (χ0) is 8.13. The Bertz CT molecular complexity index is 323. The van der Waals surface area contributed by atoms with Crippen LogP contribution in [0.1, 0.15) is 35.7 Å². The van der Waals surface area contributed by atoms with E-state index in [9.17, 15) is 0 Å². The van der Waals surface area contributed by atoms with Gasteiger partial charge in [-0.2, -0.15) is 5.10 Å². The monoisotopic (exact) mass is 163 g/mol. The summed E-state index contributed by atoms with van der Waals surface area (Å²) in [7, 11) is 2.08. The van der Waals surface area contributed by atoms with E-state index in [0.29, 0.717) is 0 Å². The molecule has 2 heterocycles. The maximum absolute atomic E-state index is 4.51. The molecular formula is C9H13N3. The van der Waals surface area contributed by atoms with Crippen molar-refractivity contribution in [2.24, 2.45) is 7.05 Å². The third kappa shape index (κ3) is 0.771. The molecule has 0 spiro atoms. The number of aryl methyl sites for hydroxylation is 1. The molecule has 1 aliphatic heterocycles. The summed E-state index contributed by atoms with van der Waals surface area (Å²) in [5.41, 5.74) is 4.26. The molecule has 1 aliphatic carbocycles. The van der Waals surface area contributed by atoms with Crippen LogP contribution in [0.15, 0.2) is 0 Å². The van der Waals surface area contributed by atoms with Crippen molar-refractivity contribution in [2.45, 2.75) is 31.8 Å². The van der Waals surface area contributed by atoms with E-state index in [1.165, 1.54) is 29.8 Å². The lowest BCUT2D eigenvalue weighted by molar-refractivity contribution is 0.656. The molecule has 0 saturated heterocycles. The van der Waals surface area contributed by atoms with Crippen LogP contribution in [0.4, 0.5) is 0 Å². The quantitative estimate of drug-likeness (QED) is 0.666. The Kier molecular flexibility index (Phi) is 1.17. The highest BCUT2D eigenvalue weighted by Crippen LogP contribution is 2.42. The van der Waals surface area contributed by atoms with Crippen molar-refractivity contribution in [2.75, 3.05) is 0 Å². The summed E-state index contributed by atoms with van der Waals surface area (Å²) in [4.78, 5) is 0. The highest BCUT2D eigenvalue weighted by atomic mass is 15.3. The van der Waals surface area contributed by atoms with Crippen molar-refractivity contribution in [1.82, 2.24) is 15.1 Å². The zero-order valence-electron chi connectivity index (χ0n) is 7.30. The Morgan fingerprint density at radius 2 is 2.25 bits per heavy atom. The largest absolute Gasteiger partial charge is 0.307 e. The first-order valence-corrected chi connectivity index (χ1v) is 4.61. The lowest BCUT2D eigenvalue weighted by Gasteiger charge is -2.01. The Morgan fingerprint density at radius 1 is 1.42 bits per heavy atom. The van der Waals surface area contributed by atoms with Crippen LogP contribution >= 0.6 is 0 Å². The Hall–Kier alpha value is -0.830. The van der Waals surface area contributed by atoms with Gasteiger partial charge in [0.15, 0.2) is 0 Å². The average Bonchev–Trinajstić information content (AvgIpc) is 2.66. The second kappa shape index (κ2) is 2.10. The Balaban J connectivity index is 2.14. The molecular weight excluding hydrogens is 150 g/mol. The van der Waals surface area contributed by atoms with Crippen molar-refractivity contribution in [3.8, 4) is 0 Å². The number of hydrogen-bond donors (Lipinski definition) is 1. The summed E-state index contributed by atoms with van der Waals surface area (Å²) in [5, 5.41) is 7.85. The van der Waals surface area contributed by atoms with Crippen molar-refractivity contribution in [3.05, 3.63) is 17.0 Å². The average molecular weight is 163 g/mol. The van der Waals surface area contributed by atoms with Crippen LogP contribution in [-0.2, 0) is 20.1 Å². The Labute approximate surface area is 71.8 Å². The maximum Gasteiger partial charge on any atom is 0.0810 e. The molecule has 1 fully saturated rings. The van der Waals surface area contributed by atoms with Crippen molar-refractivity contribution < 1.29 is 0 Å². The second-order valence-electron chi connectivity index (χ2n) is 3.81. The van der Waals surface area contributed by atoms with Gasteiger partial charge in [-0.25, -0.2) is 0 Å². The summed E-state index contributed by atoms with van der Waals surface area (Å²) >= 11 is 0. The second-order valence-corrected chi connectivity index (χ2v) is 3.81. The van der Waals surface area contributed by atoms with Crippen LogP contribution in [0.25, 0.3) is 0 Å². The molecule has 3 heteroatoms. The topological polar surface area (TPSA) is 29.9 Å². The first-order valence-electron chi connectivity index (χ1n) is 4.61. The predicted molar refractivity (Wildman–Crippen MR) is 45.7 cm³/mol. The van der Waals surface area contributed by atoms with Crippen molar-refractivity contribution >= 4 is 0 Å². The smallest absolute Gasteiger partial charge is 0.0810 e. The van der Waals surface area contributed by atoms with E-state index >= 15 is 0 Å². The first-order chi connectivity index (χ1) is 5.86. The third-order valence-electron chi connectivity index (χ3n) is 2.84. The molecule has 0 radical (unpaired) electrons. The lowest BCUT2D eigenvalue weighted by atomic mass is 10.1. The SMILES string of the molecule is Cn1nc2c(c1C1CC1)CNC2. The molecule has 3 rings (SSSR count). The van der Waals surface area contributed by atoms with Gasteiger partial charge in [-0.3, -0.25) is 4.68 Å². The van der Waals surface area contributed by atoms with Crippen molar-refractivity contribution in [3.63, 3.8) is 0 Å². The van der Waals surface area contributed by atoms with Gasteiger partial charge in [-0.15, -0.1) is 0 Å². The normalized spacial score (nSPS) is 21.4. The molecule has 0 unspecified atom stereocenters. The molecule has 0 amide bonds. The van der Waals surface area contributed by atoms with Crippen LogP contribution in [0.3, 0.4) is 0 Å². The van der Waals surface area contributed by atoms with Gasteiger partial charge in [0, 0.05) is 37.3 Å². The van der Waals surface area contributed by atoms with Gasteiger partial charge in [-0.05, 0) is 12.8 Å². The van der Waals surface area contributed by atoms with Gasteiger partial charge in [0.05, 0.1) is 5.69 Å². The van der Waals surface area contributed by atoms with E-state index in [1.807, 2.05) is 0 Å². The van der Waals surface area contributed by atoms with Gasteiger partial charge in [0.25, 0.3) is 0 Å². The minimum Gasteiger partial charge on any atom is -0.307 e. The van der Waals surface area contributed by atoms with Gasteiger partial charge < -0.3 is 5.32 Å².